The van der Waals surface area contributed by atoms with Gasteiger partial charge in [-0.3, -0.25) is 9.59 Å². The molecular weight excluding hydrogens is 596 g/mol. The van der Waals surface area contributed by atoms with Gasteiger partial charge in [0.15, 0.2) is 5.13 Å². The van der Waals surface area contributed by atoms with E-state index in [0.717, 1.165) is 33.5 Å². The summed E-state index contributed by atoms with van der Waals surface area (Å²) in [6, 6.07) is 33.9. The number of fused-ring (bicyclic) bond motifs is 3. The number of anilines is 1. The number of hydrogen-bond acceptors (Lipinski definition) is 5. The lowest BCUT2D eigenvalue weighted by molar-refractivity contribution is -0.118. The van der Waals surface area contributed by atoms with E-state index in [1.54, 1.807) is 24.3 Å². The first-order chi connectivity index (χ1) is 22.5. The van der Waals surface area contributed by atoms with Gasteiger partial charge in [0.2, 0.25) is 5.91 Å². The minimum absolute atomic E-state index is 0.0498. The molecule has 6 rings (SSSR count). The number of unbranched alkanes of at least 4 members (excludes halogenated alkanes) is 1. The minimum Gasteiger partial charge on any atom is -0.465 e. The lowest BCUT2D eigenvalue weighted by Crippen LogP contribution is -2.44. The van der Waals surface area contributed by atoms with Crippen LogP contribution in [0, 0.1) is 0 Å². The Morgan fingerprint density at radius 3 is 2.07 bits per heavy atom. The quantitative estimate of drug-likeness (QED) is 0.124. The van der Waals surface area contributed by atoms with Crippen molar-refractivity contribution in [2.45, 2.75) is 31.2 Å². The van der Waals surface area contributed by atoms with Crippen LogP contribution in [-0.2, 0) is 4.79 Å². The Morgan fingerprint density at radius 2 is 1.41 bits per heavy atom. The van der Waals surface area contributed by atoms with Crippen LogP contribution in [0.3, 0.4) is 0 Å². The Hall–Kier alpha value is -5.28. The molecule has 3 amide bonds. The van der Waals surface area contributed by atoms with E-state index in [4.69, 9.17) is 0 Å². The molecule has 0 bridgehead atoms. The molecule has 46 heavy (non-hydrogen) atoms. The van der Waals surface area contributed by atoms with E-state index in [1.165, 1.54) is 16.2 Å². The van der Waals surface area contributed by atoms with Gasteiger partial charge in [0.25, 0.3) is 5.91 Å². The first-order valence-corrected chi connectivity index (χ1v) is 16.2. The highest BCUT2D eigenvalue weighted by atomic mass is 32.1. The molecule has 1 atom stereocenters. The summed E-state index contributed by atoms with van der Waals surface area (Å²) in [6.07, 6.45) is 0.417. The molecule has 5 aromatic rings. The molecule has 0 spiro atoms. The molecule has 0 saturated carbocycles. The summed E-state index contributed by atoms with van der Waals surface area (Å²) in [5.41, 5.74) is 6.71. The molecule has 0 unspecified atom stereocenters. The zero-order valence-electron chi connectivity index (χ0n) is 25.1. The van der Waals surface area contributed by atoms with Crippen molar-refractivity contribution < 1.29 is 19.5 Å². The SMILES string of the molecule is O=C(N[C@@H](CCCCN(CC1c2ccccc2-c2ccccc21)C(=O)O)C(=O)Nc1nc(-c2ccccc2)cs1)c1ccccc1. The van der Waals surface area contributed by atoms with E-state index in [0.29, 0.717) is 43.0 Å². The van der Waals surface area contributed by atoms with Crippen LogP contribution in [-0.4, -0.2) is 52.0 Å². The molecule has 3 N–H and O–H groups in total. The summed E-state index contributed by atoms with van der Waals surface area (Å²) in [7, 11) is 0. The van der Waals surface area contributed by atoms with Crippen LogP contribution in [0.1, 0.15) is 46.7 Å². The van der Waals surface area contributed by atoms with E-state index in [9.17, 15) is 19.5 Å². The van der Waals surface area contributed by atoms with E-state index >= 15 is 0 Å². The van der Waals surface area contributed by atoms with Gasteiger partial charge in [0, 0.05) is 35.5 Å². The van der Waals surface area contributed by atoms with Gasteiger partial charge in [-0.25, -0.2) is 9.78 Å². The van der Waals surface area contributed by atoms with E-state index in [-0.39, 0.29) is 17.7 Å². The van der Waals surface area contributed by atoms with Crippen LogP contribution in [0.2, 0.25) is 0 Å². The summed E-state index contributed by atoms with van der Waals surface area (Å²) in [5.74, 6) is -0.769. The van der Waals surface area contributed by atoms with Gasteiger partial charge >= 0.3 is 6.09 Å². The lowest BCUT2D eigenvalue weighted by Gasteiger charge is -2.25. The monoisotopic (exact) mass is 630 g/mol. The predicted molar refractivity (Wildman–Crippen MR) is 181 cm³/mol. The summed E-state index contributed by atoms with van der Waals surface area (Å²) in [6.45, 7) is 0.649. The highest BCUT2D eigenvalue weighted by Gasteiger charge is 2.31. The molecule has 9 heteroatoms. The number of carboxylic acid groups (broad SMARTS) is 1. The van der Waals surface area contributed by atoms with Gasteiger partial charge in [0.05, 0.1) is 5.69 Å². The molecule has 8 nitrogen and oxygen atoms in total. The number of carbonyl (C=O) groups is 3. The fourth-order valence-corrected chi connectivity index (χ4v) is 6.68. The zero-order valence-corrected chi connectivity index (χ0v) is 26.0. The van der Waals surface area contributed by atoms with Crippen molar-refractivity contribution in [3.8, 4) is 22.4 Å². The molecule has 1 aromatic heterocycles. The molecular formula is C37H34N4O4S. The zero-order chi connectivity index (χ0) is 31.9. The van der Waals surface area contributed by atoms with Crippen LogP contribution < -0.4 is 10.6 Å². The van der Waals surface area contributed by atoms with Crippen LogP contribution in [0.15, 0.2) is 115 Å². The largest absolute Gasteiger partial charge is 0.465 e. The summed E-state index contributed by atoms with van der Waals surface area (Å²) in [5, 5.41) is 18.2. The van der Waals surface area contributed by atoms with Gasteiger partial charge in [-0.2, -0.15) is 0 Å². The van der Waals surface area contributed by atoms with Crippen molar-refractivity contribution in [1.82, 2.24) is 15.2 Å². The number of rotatable bonds is 12. The molecule has 0 aliphatic heterocycles. The van der Waals surface area contributed by atoms with Crippen LogP contribution >= 0.6 is 11.3 Å². The van der Waals surface area contributed by atoms with Crippen molar-refractivity contribution >= 4 is 34.4 Å². The first-order valence-electron chi connectivity index (χ1n) is 15.3. The number of benzene rings is 4. The molecule has 232 valence electrons. The van der Waals surface area contributed by atoms with Crippen LogP contribution in [0.5, 0.6) is 0 Å². The van der Waals surface area contributed by atoms with Crippen molar-refractivity contribution in [2.75, 3.05) is 18.4 Å². The van der Waals surface area contributed by atoms with E-state index in [2.05, 4.69) is 39.9 Å². The summed E-state index contributed by atoms with van der Waals surface area (Å²) < 4.78 is 0. The average molecular weight is 631 g/mol. The summed E-state index contributed by atoms with van der Waals surface area (Å²) in [4.78, 5) is 44.9. The topological polar surface area (TPSA) is 112 Å². The maximum absolute atomic E-state index is 13.5. The fraction of sp³-hybridized carbons (Fsp3) is 0.189. The number of nitrogens with zero attached hydrogens (tertiary/aromatic N) is 2. The van der Waals surface area contributed by atoms with Crippen molar-refractivity contribution in [3.63, 3.8) is 0 Å². The second-order valence-corrected chi connectivity index (χ2v) is 12.1. The molecule has 0 radical (unpaired) electrons. The van der Waals surface area contributed by atoms with Crippen molar-refractivity contribution in [3.05, 3.63) is 131 Å². The van der Waals surface area contributed by atoms with E-state index < -0.39 is 12.1 Å². The van der Waals surface area contributed by atoms with Gasteiger partial charge < -0.3 is 20.6 Å². The highest BCUT2D eigenvalue weighted by molar-refractivity contribution is 7.14. The van der Waals surface area contributed by atoms with Gasteiger partial charge in [-0.1, -0.05) is 97.1 Å². The second-order valence-electron chi connectivity index (χ2n) is 11.2. The fourth-order valence-electron chi connectivity index (χ4n) is 5.96. The normalized spacial score (nSPS) is 12.5. The smallest absolute Gasteiger partial charge is 0.407 e. The molecule has 4 aromatic carbocycles. The standard InChI is InChI=1S/C37H34N4O4S/c42-34(26-15-5-2-6-16-26)38-32(35(43)40-36-39-33(24-46-36)25-13-3-1-4-14-25)21-11-12-22-41(37(44)45)23-31-29-19-9-7-17-27(29)28-18-8-10-20-30(28)31/h1-10,13-20,24,31-32H,11-12,21-23H2,(H,38,42)(H,44,45)(H,39,40,43)/t32-/m0/s1. The number of carbonyl (C=O) groups excluding carboxylic acids is 2. The Bertz CT molecular complexity index is 1780. The number of hydrogen-bond donors (Lipinski definition) is 3. The maximum atomic E-state index is 13.5. The third-order valence-electron chi connectivity index (χ3n) is 8.27. The molecule has 0 saturated heterocycles. The van der Waals surface area contributed by atoms with Gasteiger partial charge in [-0.15, -0.1) is 11.3 Å². The molecule has 1 aliphatic carbocycles. The second kappa shape index (κ2) is 14.2. The Morgan fingerprint density at radius 1 is 0.804 bits per heavy atom. The van der Waals surface area contributed by atoms with Gasteiger partial charge in [-0.05, 0) is 53.6 Å². The number of nitrogens with one attached hydrogen (secondary N) is 2. The Kier molecular flexibility index (Phi) is 9.50. The molecule has 1 aliphatic rings. The van der Waals surface area contributed by atoms with Crippen LogP contribution in [0.4, 0.5) is 9.93 Å². The lowest BCUT2D eigenvalue weighted by atomic mass is 9.96. The molecule has 0 fully saturated rings. The predicted octanol–water partition coefficient (Wildman–Crippen LogP) is 7.51. The maximum Gasteiger partial charge on any atom is 0.407 e. The van der Waals surface area contributed by atoms with E-state index in [1.807, 2.05) is 66.0 Å². The Balaban J connectivity index is 1.11. The Labute approximate surface area is 271 Å². The third-order valence-corrected chi connectivity index (χ3v) is 9.03. The van der Waals surface area contributed by atoms with Gasteiger partial charge in [0.1, 0.15) is 6.04 Å². The number of amides is 3. The average Bonchev–Trinajstić information content (AvgIpc) is 3.68. The number of thiazole rings is 1. The minimum atomic E-state index is -0.980. The first kappa shape index (κ1) is 30.7. The van der Waals surface area contributed by atoms with Crippen LogP contribution in [0.25, 0.3) is 22.4 Å². The third kappa shape index (κ3) is 7.00. The number of aromatic nitrogens is 1. The van der Waals surface area contributed by atoms with Crippen molar-refractivity contribution in [1.29, 1.82) is 0 Å². The highest BCUT2D eigenvalue weighted by Crippen LogP contribution is 2.44. The summed E-state index contributed by atoms with van der Waals surface area (Å²) >= 11 is 1.32. The molecule has 1 heterocycles. The van der Waals surface area contributed by atoms with Crippen molar-refractivity contribution in [2.24, 2.45) is 0 Å².